The van der Waals surface area contributed by atoms with E-state index in [9.17, 15) is 9.59 Å². The summed E-state index contributed by atoms with van der Waals surface area (Å²) >= 11 is 0. The van der Waals surface area contributed by atoms with E-state index in [0.717, 1.165) is 46.9 Å². The Labute approximate surface area is 236 Å². The van der Waals surface area contributed by atoms with Crippen LogP contribution in [0.15, 0.2) is 55.0 Å². The number of H-pyrrole nitrogens is 1. The molecule has 2 aliphatic heterocycles. The van der Waals surface area contributed by atoms with Gasteiger partial charge in [0, 0.05) is 55.5 Å². The van der Waals surface area contributed by atoms with Crippen molar-refractivity contribution in [1.29, 1.82) is 0 Å². The largest absolute Gasteiger partial charge is 0.378 e. The van der Waals surface area contributed by atoms with Gasteiger partial charge in [0.15, 0.2) is 0 Å². The van der Waals surface area contributed by atoms with Gasteiger partial charge in [0.1, 0.15) is 23.6 Å². The smallest absolute Gasteiger partial charge is 0.324 e. The number of aromatic amines is 1. The van der Waals surface area contributed by atoms with Gasteiger partial charge in [-0.15, -0.1) is 0 Å². The molecular formula is C29H29N9O3. The maximum atomic E-state index is 12.7. The number of anilines is 4. The first-order valence-corrected chi connectivity index (χ1v) is 13.3. The van der Waals surface area contributed by atoms with Gasteiger partial charge in [-0.2, -0.15) is 0 Å². The number of pyridine rings is 1. The van der Waals surface area contributed by atoms with Crippen molar-refractivity contribution in [3.8, 4) is 23.1 Å². The lowest BCUT2D eigenvalue weighted by molar-refractivity contribution is -0.116. The molecule has 0 saturated carbocycles. The van der Waals surface area contributed by atoms with Crippen molar-refractivity contribution >= 4 is 46.0 Å². The number of urea groups is 1. The first kappa shape index (κ1) is 26.1. The van der Waals surface area contributed by atoms with E-state index in [2.05, 4.69) is 63.6 Å². The minimum Gasteiger partial charge on any atom is -0.378 e. The first-order valence-electron chi connectivity index (χ1n) is 13.3. The van der Waals surface area contributed by atoms with Gasteiger partial charge in [-0.25, -0.2) is 19.7 Å². The molecule has 41 heavy (non-hydrogen) atoms. The third-order valence-electron chi connectivity index (χ3n) is 6.97. The average Bonchev–Trinajstić information content (AvgIpc) is 3.40. The van der Waals surface area contributed by atoms with Gasteiger partial charge in [-0.05, 0) is 42.7 Å². The number of carbonyl (C=O) groups is 2. The molecule has 5 heterocycles. The standard InChI is InChI=1S/C29H29N9O3/c1-2-3-26(39)33-21-16-38(17-21)22-8-9-30-25(14-22)36-29(40)34-20-6-4-19(5-7-20)24-15-23-27(35-24)31-18-32-28(23)37-10-12-41-13-11-37/h4-9,14-15,18,21H,10-13,16-17H2,1H3,(H,33,39)(H,31,32,35)(H2,30,34,36,40). The number of ether oxygens (including phenoxy) is 1. The van der Waals surface area contributed by atoms with Crippen LogP contribution in [0.1, 0.15) is 6.92 Å². The first-order chi connectivity index (χ1) is 20.1. The lowest BCUT2D eigenvalue weighted by Gasteiger charge is -2.41. The third kappa shape index (κ3) is 5.90. The van der Waals surface area contributed by atoms with Crippen molar-refractivity contribution in [1.82, 2.24) is 25.3 Å². The molecule has 2 saturated heterocycles. The van der Waals surface area contributed by atoms with Crippen LogP contribution in [0.5, 0.6) is 0 Å². The van der Waals surface area contributed by atoms with Crippen LogP contribution >= 0.6 is 0 Å². The van der Waals surface area contributed by atoms with Crippen molar-refractivity contribution in [2.24, 2.45) is 0 Å². The summed E-state index contributed by atoms with van der Waals surface area (Å²) in [6.07, 6.45) is 3.22. The Bertz CT molecular complexity index is 1630. The van der Waals surface area contributed by atoms with Crippen LogP contribution in [0.4, 0.5) is 27.8 Å². The number of morpholine rings is 1. The Morgan fingerprint density at radius 1 is 1.00 bits per heavy atom. The van der Waals surface area contributed by atoms with Gasteiger partial charge in [0.05, 0.1) is 24.6 Å². The fourth-order valence-corrected chi connectivity index (χ4v) is 4.92. The molecule has 0 atom stereocenters. The van der Waals surface area contributed by atoms with Crippen LogP contribution in [0, 0.1) is 11.8 Å². The molecule has 3 amide bonds. The second-order valence-electron chi connectivity index (χ2n) is 9.75. The number of carbonyl (C=O) groups excluding carboxylic acids is 2. The number of hydrogen-bond acceptors (Lipinski definition) is 8. The average molecular weight is 552 g/mol. The van der Waals surface area contributed by atoms with Crippen LogP contribution in [0.25, 0.3) is 22.3 Å². The van der Waals surface area contributed by atoms with E-state index in [1.807, 2.05) is 30.3 Å². The quantitative estimate of drug-likeness (QED) is 0.268. The zero-order valence-electron chi connectivity index (χ0n) is 22.5. The minimum atomic E-state index is -0.398. The Morgan fingerprint density at radius 2 is 1.80 bits per heavy atom. The zero-order valence-corrected chi connectivity index (χ0v) is 22.5. The van der Waals surface area contributed by atoms with E-state index in [0.29, 0.717) is 37.8 Å². The van der Waals surface area contributed by atoms with Gasteiger partial charge in [0.2, 0.25) is 0 Å². The van der Waals surface area contributed by atoms with E-state index in [4.69, 9.17) is 4.74 Å². The summed E-state index contributed by atoms with van der Waals surface area (Å²) in [5.41, 5.74) is 4.20. The second-order valence-corrected chi connectivity index (χ2v) is 9.75. The van der Waals surface area contributed by atoms with E-state index < -0.39 is 6.03 Å². The fraction of sp³-hybridized carbons (Fsp3) is 0.276. The zero-order chi connectivity index (χ0) is 28.2. The highest BCUT2D eigenvalue weighted by Gasteiger charge is 2.28. The van der Waals surface area contributed by atoms with Crippen LogP contribution in [-0.4, -0.2) is 77.3 Å². The number of aromatic nitrogens is 4. The molecular weight excluding hydrogens is 522 g/mol. The summed E-state index contributed by atoms with van der Waals surface area (Å²) in [6, 6.07) is 12.9. The van der Waals surface area contributed by atoms with Gasteiger partial charge < -0.3 is 30.2 Å². The number of fused-ring (bicyclic) bond motifs is 1. The molecule has 12 nitrogen and oxygen atoms in total. The molecule has 3 aromatic heterocycles. The normalized spacial score (nSPS) is 15.0. The van der Waals surface area contributed by atoms with E-state index in [1.54, 1.807) is 25.5 Å². The predicted octanol–water partition coefficient (Wildman–Crippen LogP) is 2.83. The molecule has 2 aliphatic rings. The molecule has 0 unspecified atom stereocenters. The highest BCUT2D eigenvalue weighted by molar-refractivity contribution is 5.99. The van der Waals surface area contributed by atoms with Crippen molar-refractivity contribution < 1.29 is 14.3 Å². The Balaban J connectivity index is 1.06. The van der Waals surface area contributed by atoms with Crippen molar-refractivity contribution in [3.63, 3.8) is 0 Å². The summed E-state index contributed by atoms with van der Waals surface area (Å²) < 4.78 is 5.47. The molecule has 6 rings (SSSR count). The number of rotatable bonds is 6. The van der Waals surface area contributed by atoms with Gasteiger partial charge in [0.25, 0.3) is 5.91 Å². The fourth-order valence-electron chi connectivity index (χ4n) is 4.92. The van der Waals surface area contributed by atoms with Gasteiger partial charge in [-0.1, -0.05) is 18.1 Å². The lowest BCUT2D eigenvalue weighted by Crippen LogP contribution is -2.59. The molecule has 1 aromatic carbocycles. The summed E-state index contributed by atoms with van der Waals surface area (Å²) in [5, 5.41) is 9.46. The minimum absolute atomic E-state index is 0.0447. The molecule has 0 spiro atoms. The number of nitrogens with one attached hydrogen (secondary N) is 4. The highest BCUT2D eigenvalue weighted by atomic mass is 16.5. The topological polar surface area (TPSA) is 140 Å². The van der Waals surface area contributed by atoms with Gasteiger partial charge >= 0.3 is 6.03 Å². The molecule has 208 valence electrons. The number of hydrogen-bond donors (Lipinski definition) is 4. The van der Waals surface area contributed by atoms with Crippen LogP contribution in [-0.2, 0) is 9.53 Å². The van der Waals surface area contributed by atoms with E-state index in [1.165, 1.54) is 0 Å². The molecule has 4 N–H and O–H groups in total. The number of amides is 3. The Morgan fingerprint density at radius 3 is 2.59 bits per heavy atom. The summed E-state index contributed by atoms with van der Waals surface area (Å²) in [6.45, 7) is 5.91. The van der Waals surface area contributed by atoms with Crippen LogP contribution in [0.3, 0.4) is 0 Å². The lowest BCUT2D eigenvalue weighted by atomic mass is 10.1. The highest BCUT2D eigenvalue weighted by Crippen LogP contribution is 2.30. The van der Waals surface area contributed by atoms with Crippen LogP contribution in [0.2, 0.25) is 0 Å². The van der Waals surface area contributed by atoms with Crippen molar-refractivity contribution in [2.45, 2.75) is 13.0 Å². The summed E-state index contributed by atoms with van der Waals surface area (Å²) in [5.74, 6) is 6.13. The monoisotopic (exact) mass is 551 g/mol. The van der Waals surface area contributed by atoms with E-state index >= 15 is 0 Å². The third-order valence-corrected chi connectivity index (χ3v) is 6.97. The second kappa shape index (κ2) is 11.5. The Kier molecular flexibility index (Phi) is 7.34. The molecule has 12 heteroatoms. The van der Waals surface area contributed by atoms with Crippen molar-refractivity contribution in [3.05, 3.63) is 55.0 Å². The summed E-state index contributed by atoms with van der Waals surface area (Å²) in [7, 11) is 0. The van der Waals surface area contributed by atoms with Crippen LogP contribution < -0.4 is 25.8 Å². The van der Waals surface area contributed by atoms with Crippen molar-refractivity contribution in [2.75, 3.05) is 59.8 Å². The molecule has 2 fully saturated rings. The number of nitrogens with zero attached hydrogens (tertiary/aromatic N) is 5. The molecule has 4 aromatic rings. The molecule has 0 bridgehead atoms. The maximum absolute atomic E-state index is 12.7. The number of benzene rings is 1. The SMILES string of the molecule is CC#CC(=O)NC1CN(c2ccnc(NC(=O)Nc3ccc(-c4cc5c(N6CCOCC6)ncnc5[nH]4)cc3)c2)C1. The summed E-state index contributed by atoms with van der Waals surface area (Å²) in [4.78, 5) is 45.2. The predicted molar refractivity (Wildman–Crippen MR) is 157 cm³/mol. The van der Waals surface area contributed by atoms with Gasteiger partial charge in [-0.3, -0.25) is 10.1 Å². The maximum Gasteiger partial charge on any atom is 0.324 e. The molecule has 0 radical (unpaired) electrons. The molecule has 0 aliphatic carbocycles. The van der Waals surface area contributed by atoms with E-state index in [-0.39, 0.29) is 11.9 Å². The Hall–Kier alpha value is -5.15.